The van der Waals surface area contributed by atoms with Crippen molar-refractivity contribution in [2.45, 2.75) is 4.90 Å². The molecule has 2 aromatic carbocycles. The highest BCUT2D eigenvalue weighted by atomic mass is 35.5. The molecule has 2 N–H and O–H groups in total. The van der Waals surface area contributed by atoms with Crippen LogP contribution in [0.4, 0.5) is 10.6 Å². The van der Waals surface area contributed by atoms with E-state index in [9.17, 15) is 13.2 Å². The van der Waals surface area contributed by atoms with Crippen molar-refractivity contribution in [2.75, 3.05) is 45.4 Å². The summed E-state index contributed by atoms with van der Waals surface area (Å²) in [7, 11) is -0.870. The molecule has 0 saturated heterocycles. The Bertz CT molecular complexity index is 1680. The lowest BCUT2D eigenvalue weighted by atomic mass is 10.3. The molecule has 1 aromatic heterocycles. The van der Waals surface area contributed by atoms with E-state index in [4.69, 9.17) is 40.0 Å². The summed E-state index contributed by atoms with van der Waals surface area (Å²) in [5.41, 5.74) is 0.570. The number of aromatic nitrogens is 2. The first-order chi connectivity index (χ1) is 20.7. The summed E-state index contributed by atoms with van der Waals surface area (Å²) >= 11 is 6.34. The molecular weight excluding hydrogens is 606 g/mol. The Labute approximate surface area is 251 Å². The Morgan fingerprint density at radius 3 is 2.77 bits per heavy atom. The average Bonchev–Trinajstić information content (AvgIpc) is 3.46. The van der Waals surface area contributed by atoms with Crippen LogP contribution in [0.25, 0.3) is 0 Å². The molecular formula is C27H26ClN5O9S. The quantitative estimate of drug-likeness (QED) is 0.294. The topological polar surface area (TPSA) is 160 Å². The van der Waals surface area contributed by atoms with E-state index in [1.807, 2.05) is 18.0 Å². The molecule has 0 fully saturated rings. The van der Waals surface area contributed by atoms with Crippen molar-refractivity contribution >= 4 is 33.5 Å². The molecule has 14 nitrogen and oxygen atoms in total. The number of nitrogens with one attached hydrogen (secondary N) is 2. The van der Waals surface area contributed by atoms with Crippen molar-refractivity contribution in [1.29, 1.82) is 0 Å². The minimum Gasteiger partial charge on any atom is -0.497 e. The molecule has 0 spiro atoms. The van der Waals surface area contributed by atoms with E-state index in [2.05, 4.69) is 20.0 Å². The number of carbonyl (C=O) groups excluding carboxylic acids is 1. The van der Waals surface area contributed by atoms with Crippen molar-refractivity contribution < 1.29 is 41.6 Å². The highest BCUT2D eigenvalue weighted by Gasteiger charge is 2.25. The summed E-state index contributed by atoms with van der Waals surface area (Å²) in [6, 6.07) is 8.81. The van der Waals surface area contributed by atoms with Gasteiger partial charge in [0.15, 0.2) is 17.3 Å². The maximum atomic E-state index is 13.3. The molecule has 5 rings (SSSR count). The van der Waals surface area contributed by atoms with E-state index in [1.165, 1.54) is 37.4 Å². The number of likely N-dealkylation sites (N-methyl/N-ethyl adjacent to an activating group) is 1. The smallest absolute Gasteiger partial charge is 0.411 e. The number of carbonyl (C=O) groups is 1. The van der Waals surface area contributed by atoms with Gasteiger partial charge in [-0.15, -0.1) is 0 Å². The number of halogens is 1. The van der Waals surface area contributed by atoms with Gasteiger partial charge in [-0.2, -0.15) is 4.98 Å². The summed E-state index contributed by atoms with van der Waals surface area (Å²) in [5.74, 6) is 0.631. The number of fused-ring (bicyclic) bond motifs is 1. The Hall–Kier alpha value is -4.89. The number of hydrogen-bond acceptors (Lipinski definition) is 12. The second-order valence-corrected chi connectivity index (χ2v) is 11.0. The van der Waals surface area contributed by atoms with Gasteiger partial charge in [0.25, 0.3) is 15.9 Å². The Balaban J connectivity index is 1.35. The van der Waals surface area contributed by atoms with Crippen LogP contribution in [0.2, 0.25) is 5.02 Å². The van der Waals surface area contributed by atoms with Gasteiger partial charge >= 0.3 is 6.09 Å². The number of allylic oxidation sites excluding steroid dienone is 1. The fraction of sp³-hybridized carbons (Fsp3) is 0.222. The molecule has 226 valence electrons. The molecule has 16 heteroatoms. The number of rotatable bonds is 11. The van der Waals surface area contributed by atoms with Crippen LogP contribution in [0.15, 0.2) is 71.7 Å². The summed E-state index contributed by atoms with van der Waals surface area (Å²) < 4.78 is 61.7. The first-order valence-electron chi connectivity index (χ1n) is 12.7. The summed E-state index contributed by atoms with van der Waals surface area (Å²) in [4.78, 5) is 22.1. The molecule has 3 aromatic rings. The van der Waals surface area contributed by atoms with Gasteiger partial charge in [0, 0.05) is 31.9 Å². The van der Waals surface area contributed by atoms with Crippen LogP contribution in [0.1, 0.15) is 0 Å². The second-order valence-electron chi connectivity index (χ2n) is 8.91. The van der Waals surface area contributed by atoms with Crippen LogP contribution in [0, 0.1) is 0 Å². The molecule has 0 aliphatic carbocycles. The fourth-order valence-electron chi connectivity index (χ4n) is 3.83. The zero-order valence-corrected chi connectivity index (χ0v) is 24.5. The molecule has 1 amide bonds. The number of nitrogens with zero attached hydrogens (tertiary/aromatic N) is 3. The van der Waals surface area contributed by atoms with Gasteiger partial charge in [-0.25, -0.2) is 18.2 Å². The number of benzene rings is 2. The van der Waals surface area contributed by atoms with Gasteiger partial charge in [-0.05, 0) is 30.3 Å². The third-order valence-electron chi connectivity index (χ3n) is 5.86. The first-order valence-corrected chi connectivity index (χ1v) is 14.5. The van der Waals surface area contributed by atoms with Crippen LogP contribution in [0.5, 0.6) is 34.6 Å². The third-order valence-corrected chi connectivity index (χ3v) is 7.51. The monoisotopic (exact) mass is 631 g/mol. The minimum atomic E-state index is -4.20. The number of alkyl carbamates (subject to hydrolysis) is 1. The second kappa shape index (κ2) is 13.0. The van der Waals surface area contributed by atoms with Gasteiger partial charge in [0.1, 0.15) is 31.0 Å². The third kappa shape index (κ3) is 7.31. The van der Waals surface area contributed by atoms with Gasteiger partial charge < -0.3 is 33.3 Å². The summed E-state index contributed by atoms with van der Waals surface area (Å²) in [6.07, 6.45) is 5.81. The van der Waals surface area contributed by atoms with Gasteiger partial charge in [-0.1, -0.05) is 17.7 Å². The number of sulfonamides is 1. The number of ether oxygens (including phenoxy) is 6. The SMILES string of the molecule is COc1ccc(Cl)c(Oc2c(NS(=O)(=O)c3ccc4c(c3)OCO4)ncnc2OCCOC(=O)NC2=CN(C)CC=C2)c1. The molecule has 0 bridgehead atoms. The standard InChI is InChI=1S/C27H26ClN5O9S/c1-33-9-3-4-17(14-33)31-27(34)39-11-10-38-26-24(42-22-12-18(37-2)5-7-20(22)28)25(29-15-30-26)32-43(35,36)19-6-8-21-23(13-19)41-16-40-21/h3-8,12-15H,9-11,16H2,1-2H3,(H,31,34)(H,29,30,32). The molecule has 0 atom stereocenters. The Morgan fingerprint density at radius 2 is 1.95 bits per heavy atom. The lowest BCUT2D eigenvalue weighted by molar-refractivity contribution is 0.125. The van der Waals surface area contributed by atoms with E-state index in [1.54, 1.807) is 18.3 Å². The van der Waals surface area contributed by atoms with Gasteiger partial charge in [0.2, 0.25) is 12.5 Å². The van der Waals surface area contributed by atoms with Gasteiger partial charge in [-0.3, -0.25) is 10.0 Å². The van der Waals surface area contributed by atoms with Gasteiger partial charge in [0.05, 0.1) is 22.7 Å². The van der Waals surface area contributed by atoms with E-state index in [-0.39, 0.29) is 58.9 Å². The normalized spacial score (nSPS) is 13.7. The van der Waals surface area contributed by atoms with E-state index in [0.717, 1.165) is 12.9 Å². The van der Waals surface area contributed by atoms with E-state index >= 15 is 0 Å². The van der Waals surface area contributed by atoms with Crippen LogP contribution in [0.3, 0.4) is 0 Å². The van der Waals surface area contributed by atoms with Crippen LogP contribution < -0.4 is 33.7 Å². The molecule has 2 aliphatic rings. The van der Waals surface area contributed by atoms with Crippen molar-refractivity contribution in [3.05, 3.63) is 71.8 Å². The predicted molar refractivity (Wildman–Crippen MR) is 153 cm³/mol. The number of methoxy groups -OCH3 is 1. The van der Waals surface area contributed by atoms with Crippen LogP contribution >= 0.6 is 11.6 Å². The highest BCUT2D eigenvalue weighted by molar-refractivity contribution is 7.92. The minimum absolute atomic E-state index is 0.0181. The average molecular weight is 632 g/mol. The zero-order valence-electron chi connectivity index (χ0n) is 22.9. The van der Waals surface area contributed by atoms with Crippen molar-refractivity contribution in [3.63, 3.8) is 0 Å². The largest absolute Gasteiger partial charge is 0.497 e. The molecule has 3 heterocycles. The molecule has 0 radical (unpaired) electrons. The molecule has 2 aliphatic heterocycles. The number of amides is 1. The van der Waals surface area contributed by atoms with Crippen LogP contribution in [-0.4, -0.2) is 70.1 Å². The van der Waals surface area contributed by atoms with Crippen LogP contribution in [-0.2, 0) is 14.8 Å². The summed E-state index contributed by atoms with van der Waals surface area (Å²) in [6.45, 7) is 0.388. The number of hydrogen-bond donors (Lipinski definition) is 2. The molecule has 0 saturated carbocycles. The van der Waals surface area contributed by atoms with Crippen molar-refractivity contribution in [2.24, 2.45) is 0 Å². The zero-order chi connectivity index (χ0) is 30.4. The maximum absolute atomic E-state index is 13.3. The van der Waals surface area contributed by atoms with Crippen molar-refractivity contribution in [1.82, 2.24) is 20.2 Å². The highest BCUT2D eigenvalue weighted by Crippen LogP contribution is 2.41. The predicted octanol–water partition coefficient (Wildman–Crippen LogP) is 3.91. The van der Waals surface area contributed by atoms with E-state index in [0.29, 0.717) is 17.2 Å². The fourth-order valence-corrected chi connectivity index (χ4v) is 5.02. The summed E-state index contributed by atoms with van der Waals surface area (Å²) in [5, 5.41) is 2.81. The Kier molecular flexibility index (Phi) is 8.92. The Morgan fingerprint density at radius 1 is 1.12 bits per heavy atom. The number of anilines is 1. The van der Waals surface area contributed by atoms with E-state index < -0.39 is 16.1 Å². The lowest BCUT2D eigenvalue weighted by Crippen LogP contribution is -2.28. The lowest BCUT2D eigenvalue weighted by Gasteiger charge is -2.18. The van der Waals surface area contributed by atoms with Crippen molar-refractivity contribution in [3.8, 4) is 34.6 Å². The molecule has 43 heavy (non-hydrogen) atoms. The maximum Gasteiger partial charge on any atom is 0.411 e. The molecule has 0 unspecified atom stereocenters. The first kappa shape index (κ1) is 29.6.